The predicted octanol–water partition coefficient (Wildman–Crippen LogP) is 6.87. The van der Waals surface area contributed by atoms with Crippen molar-refractivity contribution in [2.45, 2.75) is 128 Å². The van der Waals surface area contributed by atoms with Crippen LogP contribution in [0, 0.1) is 11.8 Å². The standard InChI is InChI=1S/C34H42O11.C14H26O5.C12H14O4/c1-22(35)23-6-8-24(9-7-23)31(37)43-18-16-40-28-20-27-21-29(34(28,4)45-33(27,2)3)41-17-19-44-32(38)26-12-10-25(11-13-26)30(36)42-15-14-39-5;1-13(2)10-8-11(17-6-4-15)14(3,19-13)12(9-10)18-7-5-16;1-9(13)10-3-5-11(6-4-10)12(14)16-8-7-15-2/h6-13,27-29H,14-21H2,1-5H3;10-12,15-16H,4-9H2,1-3H3;3-6H,7-8H2,1-2H3. The molecule has 3 aromatic carbocycles. The summed E-state index contributed by atoms with van der Waals surface area (Å²) in [4.78, 5) is 70.9. The van der Waals surface area contributed by atoms with Gasteiger partial charge in [0.2, 0.25) is 0 Å². The van der Waals surface area contributed by atoms with Crippen LogP contribution >= 0.6 is 0 Å². The molecule has 6 atom stereocenters. The van der Waals surface area contributed by atoms with E-state index in [1.165, 1.54) is 52.3 Å². The number of benzene rings is 3. The lowest BCUT2D eigenvalue weighted by Gasteiger charge is -2.60. The van der Waals surface area contributed by atoms with Crippen LogP contribution in [-0.2, 0) is 56.8 Å². The van der Waals surface area contributed by atoms with E-state index in [-0.39, 0.29) is 106 Å². The molecule has 4 aliphatic heterocycles. The van der Waals surface area contributed by atoms with Crippen molar-refractivity contribution < 1.29 is 95.8 Å². The highest BCUT2D eigenvalue weighted by molar-refractivity contribution is 5.97. The molecule has 6 aliphatic rings. The zero-order valence-electron chi connectivity index (χ0n) is 47.9. The van der Waals surface area contributed by atoms with Crippen LogP contribution in [-0.4, -0.2) is 186 Å². The van der Waals surface area contributed by atoms with Gasteiger partial charge in [0.25, 0.3) is 0 Å². The predicted molar refractivity (Wildman–Crippen MR) is 290 cm³/mol. The number of hydrogen-bond acceptors (Lipinski definition) is 20. The van der Waals surface area contributed by atoms with Gasteiger partial charge in [-0.15, -0.1) is 0 Å². The number of ether oxygens (including phenoxy) is 12. The number of rotatable bonds is 26. The van der Waals surface area contributed by atoms with Crippen LogP contribution in [0.25, 0.3) is 0 Å². The molecule has 442 valence electrons. The van der Waals surface area contributed by atoms with Crippen molar-refractivity contribution in [3.63, 3.8) is 0 Å². The number of carbonyl (C=O) groups is 6. The summed E-state index contributed by atoms with van der Waals surface area (Å²) in [7, 11) is 3.06. The molecule has 0 spiro atoms. The van der Waals surface area contributed by atoms with Crippen LogP contribution in [0.5, 0.6) is 0 Å². The monoisotopic (exact) mass is 1120 g/mol. The van der Waals surface area contributed by atoms with Crippen molar-refractivity contribution in [3.8, 4) is 0 Å². The van der Waals surface area contributed by atoms with Crippen molar-refractivity contribution in [1.29, 1.82) is 0 Å². The number of aliphatic hydroxyl groups excluding tert-OH is 2. The number of methoxy groups -OCH3 is 2. The van der Waals surface area contributed by atoms with Crippen molar-refractivity contribution >= 4 is 35.4 Å². The maximum atomic E-state index is 12.5. The van der Waals surface area contributed by atoms with Crippen LogP contribution in [0.3, 0.4) is 0 Å². The van der Waals surface area contributed by atoms with Crippen LogP contribution in [0.2, 0.25) is 0 Å². The molecule has 20 heteroatoms. The Hall–Kier alpha value is -5.52. The lowest BCUT2D eigenvalue weighted by molar-refractivity contribution is -0.326. The molecule has 0 radical (unpaired) electrons. The number of carbonyl (C=O) groups excluding carboxylic acids is 6. The van der Waals surface area contributed by atoms with Gasteiger partial charge >= 0.3 is 23.9 Å². The fourth-order valence-corrected chi connectivity index (χ4v) is 10.4. The lowest BCUT2D eigenvalue weighted by atomic mass is 9.65. The Labute approximate surface area is 469 Å². The molecule has 9 rings (SSSR count). The third kappa shape index (κ3) is 17.7. The second-order valence-electron chi connectivity index (χ2n) is 21.4. The number of Topliss-reactive ketones (excluding diaryl/α,β-unsaturated/α-hetero) is 2. The molecule has 2 N–H and O–H groups in total. The molecule has 0 aromatic heterocycles. The number of hydrogen-bond donors (Lipinski definition) is 2. The van der Waals surface area contributed by atoms with Gasteiger partial charge in [-0.1, -0.05) is 24.3 Å². The lowest BCUT2D eigenvalue weighted by Crippen LogP contribution is -2.69. The number of ketones is 2. The molecule has 2 saturated carbocycles. The first kappa shape index (κ1) is 65.3. The molecule has 2 aliphatic carbocycles. The van der Waals surface area contributed by atoms with Crippen LogP contribution < -0.4 is 0 Å². The minimum Gasteiger partial charge on any atom is -0.460 e. The molecule has 4 saturated heterocycles. The van der Waals surface area contributed by atoms with Crippen LogP contribution in [0.15, 0.2) is 72.8 Å². The van der Waals surface area contributed by atoms with Gasteiger partial charge in [0, 0.05) is 25.3 Å². The molecule has 4 heterocycles. The fourth-order valence-electron chi connectivity index (χ4n) is 10.4. The third-order valence-electron chi connectivity index (χ3n) is 15.0. The van der Waals surface area contributed by atoms with Gasteiger partial charge in [-0.25, -0.2) is 19.2 Å². The first-order valence-electron chi connectivity index (χ1n) is 27.1. The highest BCUT2D eigenvalue weighted by Gasteiger charge is 2.61. The van der Waals surface area contributed by atoms with E-state index in [1.54, 1.807) is 48.5 Å². The van der Waals surface area contributed by atoms with Crippen LogP contribution in [0.4, 0.5) is 0 Å². The van der Waals surface area contributed by atoms with Gasteiger partial charge in [0.1, 0.15) is 37.6 Å². The summed E-state index contributed by atoms with van der Waals surface area (Å²) in [6, 6.07) is 18.7. The number of esters is 4. The van der Waals surface area contributed by atoms with E-state index in [1.807, 2.05) is 13.8 Å². The van der Waals surface area contributed by atoms with E-state index in [9.17, 15) is 28.8 Å². The Morgan fingerprint density at radius 1 is 0.400 bits per heavy atom. The maximum absolute atomic E-state index is 12.5. The molecular formula is C60H82O20. The molecule has 20 nitrogen and oxygen atoms in total. The average molecular weight is 1120 g/mol. The van der Waals surface area contributed by atoms with Crippen molar-refractivity contribution in [3.05, 3.63) is 106 Å². The van der Waals surface area contributed by atoms with E-state index >= 15 is 0 Å². The smallest absolute Gasteiger partial charge is 0.338 e. The summed E-state index contributed by atoms with van der Waals surface area (Å²) < 4.78 is 67.1. The summed E-state index contributed by atoms with van der Waals surface area (Å²) in [5.74, 6) is -1.48. The third-order valence-corrected chi connectivity index (χ3v) is 15.0. The fraction of sp³-hybridized carbons (Fsp3) is 0.600. The normalized spacial score (nSPS) is 24.7. The molecule has 4 bridgehead atoms. The Bertz CT molecular complexity index is 2450. The van der Waals surface area contributed by atoms with Gasteiger partial charge in [-0.2, -0.15) is 0 Å². The molecular weight excluding hydrogens is 1040 g/mol. The largest absolute Gasteiger partial charge is 0.460 e. The molecule has 6 fully saturated rings. The highest BCUT2D eigenvalue weighted by Crippen LogP contribution is 2.53. The Morgan fingerprint density at radius 3 is 0.875 bits per heavy atom. The minimum atomic E-state index is -0.761. The Morgan fingerprint density at radius 2 is 0.637 bits per heavy atom. The Kier molecular flexibility index (Phi) is 24.9. The van der Waals surface area contributed by atoms with E-state index in [4.69, 9.17) is 67.1 Å². The second-order valence-corrected chi connectivity index (χ2v) is 21.4. The first-order chi connectivity index (χ1) is 38.0. The van der Waals surface area contributed by atoms with Crippen molar-refractivity contribution in [1.82, 2.24) is 0 Å². The van der Waals surface area contributed by atoms with Gasteiger partial charge in [-0.05, 0) is 141 Å². The second kappa shape index (κ2) is 30.5. The summed E-state index contributed by atoms with van der Waals surface area (Å²) >= 11 is 0. The van der Waals surface area contributed by atoms with E-state index in [2.05, 4.69) is 27.7 Å². The number of fused-ring (bicyclic) bond motifs is 6. The maximum Gasteiger partial charge on any atom is 0.338 e. The van der Waals surface area contributed by atoms with Gasteiger partial charge in [-0.3, -0.25) is 9.59 Å². The zero-order valence-corrected chi connectivity index (χ0v) is 47.9. The minimum absolute atomic E-state index is 0.0167. The Balaban J connectivity index is 0.000000273. The van der Waals surface area contributed by atoms with Gasteiger partial charge < -0.3 is 67.1 Å². The average Bonchev–Trinajstić information content (AvgIpc) is 3.45. The molecule has 80 heavy (non-hydrogen) atoms. The first-order valence-corrected chi connectivity index (χ1v) is 27.1. The summed E-state index contributed by atoms with van der Waals surface area (Å²) in [5, 5.41) is 17.9. The van der Waals surface area contributed by atoms with Crippen molar-refractivity contribution in [2.24, 2.45) is 11.8 Å². The molecule has 3 aromatic rings. The quantitative estimate of drug-likeness (QED) is 0.0360. The van der Waals surface area contributed by atoms with E-state index < -0.39 is 35.1 Å². The number of aliphatic hydroxyl groups is 2. The SMILES string of the molecule is CC1(C)OC2(C)C(OCCO)CC1CC2OCCO.COCCOC(=O)c1ccc(C(=O)OCCOC2CC3CC(OCCOC(=O)c4ccc(C(C)=O)cc4)C2(C)OC3(C)C)cc1.COCCOC(=O)c1ccc(C(C)=O)cc1. The zero-order chi connectivity index (χ0) is 58.7. The van der Waals surface area contributed by atoms with Gasteiger partial charge in [0.15, 0.2) is 11.6 Å². The summed E-state index contributed by atoms with van der Waals surface area (Å²) in [6.07, 6.45) is 2.71. The van der Waals surface area contributed by atoms with Gasteiger partial charge in [0.05, 0.1) is 111 Å². The molecule has 6 unspecified atom stereocenters. The van der Waals surface area contributed by atoms with E-state index in [0.717, 1.165) is 25.7 Å². The van der Waals surface area contributed by atoms with Crippen LogP contribution in [0.1, 0.15) is 143 Å². The highest BCUT2D eigenvalue weighted by atomic mass is 16.6. The topological polar surface area (TPSA) is 254 Å². The van der Waals surface area contributed by atoms with Crippen molar-refractivity contribution in [2.75, 3.05) is 93.5 Å². The van der Waals surface area contributed by atoms with E-state index in [0.29, 0.717) is 65.7 Å². The summed E-state index contributed by atoms with van der Waals surface area (Å²) in [5.41, 5.74) is 0.717. The summed E-state index contributed by atoms with van der Waals surface area (Å²) in [6.45, 7) is 17.5. The molecule has 0 amide bonds.